The number of Topliss-reactive ketones (excluding diaryl/α,β-unsaturated/α-hetero) is 1. The lowest BCUT2D eigenvalue weighted by molar-refractivity contribution is -0.132. The van der Waals surface area contributed by atoms with E-state index in [1.807, 2.05) is 0 Å². The van der Waals surface area contributed by atoms with Crippen LogP contribution in [0, 0.1) is 0 Å². The van der Waals surface area contributed by atoms with Gasteiger partial charge in [0.15, 0.2) is 0 Å². The zero-order valence-electron chi connectivity index (χ0n) is 8.12. The Morgan fingerprint density at radius 3 is 2.80 bits per heavy atom. The number of carbonyl (C=O) groups is 1. The molecule has 5 N–H and O–H groups in total. The van der Waals surface area contributed by atoms with Crippen LogP contribution in [0.1, 0.15) is 6.92 Å². The number of ketones is 1. The second-order valence-corrected chi connectivity index (χ2v) is 3.03. The number of carbonyl (C=O) groups excluding carboxylic acids is 1. The molecule has 1 heterocycles. The lowest BCUT2D eigenvalue weighted by atomic mass is 10.0. The van der Waals surface area contributed by atoms with Crippen molar-refractivity contribution >= 4 is 18.0 Å². The Bertz CT molecular complexity index is 334. The van der Waals surface area contributed by atoms with Crippen molar-refractivity contribution in [2.75, 3.05) is 0 Å². The molecule has 0 radical (unpaired) electrons. The first-order valence-corrected chi connectivity index (χ1v) is 4.21. The monoisotopic (exact) mass is 212 g/mol. The fraction of sp³-hybridized carbons (Fsp3) is 0.375. The zero-order chi connectivity index (χ0) is 11.5. The van der Waals surface area contributed by atoms with Gasteiger partial charge in [0.05, 0.1) is 6.04 Å². The van der Waals surface area contributed by atoms with Crippen LogP contribution in [0.3, 0.4) is 0 Å². The lowest BCUT2D eigenvalue weighted by Gasteiger charge is -2.24. The van der Waals surface area contributed by atoms with Crippen molar-refractivity contribution in [3.8, 4) is 0 Å². The van der Waals surface area contributed by atoms with Crippen molar-refractivity contribution < 1.29 is 14.7 Å². The van der Waals surface area contributed by atoms with Crippen molar-refractivity contribution in [2.45, 2.75) is 18.7 Å². The van der Waals surface area contributed by atoms with E-state index in [1.165, 1.54) is 25.3 Å². The first kappa shape index (κ1) is 11.2. The Kier molecular flexibility index (Phi) is 3.05. The summed E-state index contributed by atoms with van der Waals surface area (Å²) in [5.41, 5.74) is 9.00. The van der Waals surface area contributed by atoms with Crippen LogP contribution in [0.25, 0.3) is 0 Å². The molecule has 0 bridgehead atoms. The third-order valence-corrected chi connectivity index (χ3v) is 1.80. The van der Waals surface area contributed by atoms with Crippen molar-refractivity contribution in [3.05, 3.63) is 12.2 Å². The van der Waals surface area contributed by atoms with Crippen LogP contribution in [0.5, 0.6) is 0 Å². The van der Waals surface area contributed by atoms with Crippen LogP contribution in [-0.4, -0.2) is 35.0 Å². The number of hydrogen-bond acceptors (Lipinski definition) is 6. The maximum Gasteiger partial charge on any atom is 0.323 e. The summed E-state index contributed by atoms with van der Waals surface area (Å²) in [6, 6.07) is -1.32. The van der Waals surface area contributed by atoms with Crippen molar-refractivity contribution in [2.24, 2.45) is 21.6 Å². The van der Waals surface area contributed by atoms with Crippen molar-refractivity contribution in [1.82, 2.24) is 0 Å². The summed E-state index contributed by atoms with van der Waals surface area (Å²) in [4.78, 5) is 15.5. The molecule has 0 spiro atoms. The molecule has 0 amide bonds. The summed E-state index contributed by atoms with van der Waals surface area (Å²) in [5, 5.41) is 11.0. The molecule has 82 valence electrons. The average molecular weight is 212 g/mol. The molecular formula is C8H12N4O3. The lowest BCUT2D eigenvalue weighted by Crippen LogP contribution is -2.48. The van der Waals surface area contributed by atoms with Gasteiger partial charge in [-0.25, -0.2) is 4.99 Å². The minimum Gasteiger partial charge on any atom is -0.423 e. The maximum absolute atomic E-state index is 11.7. The Morgan fingerprint density at radius 2 is 2.40 bits per heavy atom. The predicted molar refractivity (Wildman–Crippen MR) is 53.5 cm³/mol. The maximum atomic E-state index is 11.7. The van der Waals surface area contributed by atoms with E-state index in [0.717, 1.165) is 0 Å². The molecule has 0 aliphatic carbocycles. The second kappa shape index (κ2) is 4.09. The smallest absolute Gasteiger partial charge is 0.323 e. The molecule has 0 saturated heterocycles. The van der Waals surface area contributed by atoms with Crippen molar-refractivity contribution in [1.29, 1.82) is 0 Å². The molecule has 0 fully saturated rings. The molecule has 2 atom stereocenters. The van der Waals surface area contributed by atoms with Gasteiger partial charge in [0, 0.05) is 6.21 Å². The second-order valence-electron chi connectivity index (χ2n) is 3.03. The Morgan fingerprint density at radius 1 is 1.73 bits per heavy atom. The molecule has 15 heavy (non-hydrogen) atoms. The normalized spacial score (nSPS) is 26.7. The van der Waals surface area contributed by atoms with E-state index in [2.05, 4.69) is 10.1 Å². The Balaban J connectivity index is 2.95. The fourth-order valence-corrected chi connectivity index (χ4v) is 1.13. The number of ether oxygens (including phenoxy) is 1. The van der Waals surface area contributed by atoms with Crippen LogP contribution < -0.4 is 11.5 Å². The molecular weight excluding hydrogens is 200 g/mol. The molecule has 1 unspecified atom stereocenters. The fourth-order valence-electron chi connectivity index (χ4n) is 1.13. The van der Waals surface area contributed by atoms with E-state index < -0.39 is 23.6 Å². The van der Waals surface area contributed by atoms with Crippen LogP contribution in [0.15, 0.2) is 22.3 Å². The predicted octanol–water partition coefficient (Wildman–Crippen LogP) is -1.04. The average Bonchev–Trinajstić information content (AvgIpc) is 2.66. The standard InChI is InChI=1S/C8H12N4O3/c1-5(9)6(13)8(3-2-4-11-8)15-7(10)12-14/h2-5,14H,9H2,1H3,(H2,10,12)/t5-,8?/m0/s1. The third-order valence-electron chi connectivity index (χ3n) is 1.80. The van der Waals surface area contributed by atoms with Gasteiger partial charge in [-0.15, -0.1) is 0 Å². The van der Waals surface area contributed by atoms with E-state index in [0.29, 0.717) is 0 Å². The molecule has 7 heteroatoms. The van der Waals surface area contributed by atoms with Gasteiger partial charge < -0.3 is 21.4 Å². The third kappa shape index (κ3) is 2.13. The molecule has 0 aromatic heterocycles. The molecule has 1 rings (SSSR count). The molecule has 0 saturated carbocycles. The van der Waals surface area contributed by atoms with Gasteiger partial charge in [0.2, 0.25) is 5.78 Å². The number of aliphatic imine (C=N–C) groups is 1. The molecule has 7 nitrogen and oxygen atoms in total. The Labute approximate surface area is 86.1 Å². The highest BCUT2D eigenvalue weighted by Gasteiger charge is 2.41. The summed E-state index contributed by atoms with van der Waals surface area (Å²) in [5.74, 6) is -0.473. The van der Waals surface area contributed by atoms with Crippen molar-refractivity contribution in [3.63, 3.8) is 0 Å². The van der Waals surface area contributed by atoms with Crippen LogP contribution in [0.2, 0.25) is 0 Å². The van der Waals surface area contributed by atoms with E-state index in [9.17, 15) is 4.79 Å². The quantitative estimate of drug-likeness (QED) is 0.238. The van der Waals surface area contributed by atoms with Crippen LogP contribution in [0.4, 0.5) is 0 Å². The number of rotatable bonds is 3. The van der Waals surface area contributed by atoms with Gasteiger partial charge in [0.1, 0.15) is 0 Å². The molecule has 0 aromatic carbocycles. The summed E-state index contributed by atoms with van der Waals surface area (Å²) in [6.07, 6.45) is 4.28. The Hall–Kier alpha value is -1.89. The first-order chi connectivity index (χ1) is 7.02. The van der Waals surface area contributed by atoms with E-state index in [-0.39, 0.29) is 0 Å². The zero-order valence-corrected chi connectivity index (χ0v) is 8.12. The highest BCUT2D eigenvalue weighted by molar-refractivity contribution is 5.99. The van der Waals surface area contributed by atoms with Gasteiger partial charge in [-0.1, -0.05) is 0 Å². The van der Waals surface area contributed by atoms with Gasteiger partial charge in [0.25, 0.3) is 5.72 Å². The minimum absolute atomic E-state index is 0.473. The first-order valence-electron chi connectivity index (χ1n) is 4.21. The molecule has 0 aromatic rings. The van der Waals surface area contributed by atoms with E-state index >= 15 is 0 Å². The van der Waals surface area contributed by atoms with E-state index in [4.69, 9.17) is 21.4 Å². The highest BCUT2D eigenvalue weighted by atomic mass is 16.6. The summed E-state index contributed by atoms with van der Waals surface area (Å²) in [6.45, 7) is 1.50. The number of amidine groups is 1. The number of oxime groups is 1. The topological polar surface area (TPSA) is 123 Å². The van der Waals surface area contributed by atoms with Gasteiger partial charge in [-0.05, 0) is 24.2 Å². The van der Waals surface area contributed by atoms with Crippen LogP contribution in [-0.2, 0) is 9.53 Å². The van der Waals surface area contributed by atoms with E-state index in [1.54, 1.807) is 0 Å². The van der Waals surface area contributed by atoms with Gasteiger partial charge in [-0.3, -0.25) is 4.79 Å². The summed E-state index contributed by atoms with van der Waals surface area (Å²) >= 11 is 0. The summed E-state index contributed by atoms with van der Waals surface area (Å²) < 4.78 is 4.93. The SMILES string of the molecule is C[C@H](N)C(=O)C1(OC(N)=NO)C=CC=N1. The number of nitrogens with two attached hydrogens (primary N) is 2. The van der Waals surface area contributed by atoms with Crippen LogP contribution >= 0.6 is 0 Å². The van der Waals surface area contributed by atoms with Gasteiger partial charge in [-0.2, -0.15) is 0 Å². The van der Waals surface area contributed by atoms with Gasteiger partial charge >= 0.3 is 6.02 Å². The molecule has 1 aliphatic heterocycles. The number of hydrogen-bond donors (Lipinski definition) is 3. The summed E-state index contributed by atoms with van der Waals surface area (Å²) in [7, 11) is 0. The minimum atomic E-state index is -1.59. The molecule has 1 aliphatic rings. The largest absolute Gasteiger partial charge is 0.423 e. The number of nitrogens with zero attached hydrogens (tertiary/aromatic N) is 2. The highest BCUT2D eigenvalue weighted by Crippen LogP contribution is 2.21. The number of allylic oxidation sites excluding steroid dienone is 1.